The van der Waals surface area contributed by atoms with Crippen LogP contribution in [-0.2, 0) is 6.42 Å². The highest BCUT2D eigenvalue weighted by Gasteiger charge is 1.98. The lowest BCUT2D eigenvalue weighted by atomic mass is 10.1. The van der Waals surface area contributed by atoms with Crippen LogP contribution in [0, 0.1) is 6.07 Å². The Morgan fingerprint density at radius 3 is 2.67 bits per heavy atom. The molecule has 2 heteroatoms. The summed E-state index contributed by atoms with van der Waals surface area (Å²) in [5.74, 6) is 0. The molecule has 1 aromatic heterocycles. The summed E-state index contributed by atoms with van der Waals surface area (Å²) in [6.07, 6.45) is 2.67. The standard InChI is InChI=1S/C13H11ClN/c1-2-10-3-5-11(6-4-10)13-8-7-12(14)9-15-13/h3,5-9H,2H2,1H3. The first kappa shape index (κ1) is 10.2. The van der Waals surface area contributed by atoms with Gasteiger partial charge in [0.1, 0.15) is 0 Å². The van der Waals surface area contributed by atoms with Gasteiger partial charge in [0.2, 0.25) is 0 Å². The molecule has 2 rings (SSSR count). The number of halogens is 1. The Morgan fingerprint density at radius 1 is 1.27 bits per heavy atom. The monoisotopic (exact) mass is 216 g/mol. The molecule has 0 unspecified atom stereocenters. The third-order valence-corrected chi connectivity index (χ3v) is 2.50. The molecule has 75 valence electrons. The third-order valence-electron chi connectivity index (χ3n) is 2.28. The molecule has 2 aromatic rings. The van der Waals surface area contributed by atoms with E-state index >= 15 is 0 Å². The van der Waals surface area contributed by atoms with Crippen molar-refractivity contribution in [3.63, 3.8) is 0 Å². The summed E-state index contributed by atoms with van der Waals surface area (Å²) >= 11 is 5.78. The van der Waals surface area contributed by atoms with Crippen molar-refractivity contribution in [2.75, 3.05) is 0 Å². The summed E-state index contributed by atoms with van der Waals surface area (Å²) in [4.78, 5) is 4.25. The number of aromatic nitrogens is 1. The topological polar surface area (TPSA) is 12.9 Å². The van der Waals surface area contributed by atoms with Crippen LogP contribution in [0.3, 0.4) is 0 Å². The van der Waals surface area contributed by atoms with Gasteiger partial charge in [0.15, 0.2) is 0 Å². The Hall–Kier alpha value is -1.34. The minimum Gasteiger partial charge on any atom is -0.255 e. The van der Waals surface area contributed by atoms with Gasteiger partial charge in [-0.3, -0.25) is 4.98 Å². The lowest BCUT2D eigenvalue weighted by molar-refractivity contribution is 1.14. The van der Waals surface area contributed by atoms with Crippen LogP contribution in [0.2, 0.25) is 5.02 Å². The molecule has 1 nitrogen and oxygen atoms in total. The van der Waals surface area contributed by atoms with Crippen LogP contribution in [0.1, 0.15) is 12.5 Å². The number of hydrogen-bond donors (Lipinski definition) is 0. The fraction of sp³-hybridized carbons (Fsp3) is 0.154. The average molecular weight is 217 g/mol. The number of hydrogen-bond acceptors (Lipinski definition) is 1. The number of nitrogens with zero attached hydrogens (tertiary/aromatic N) is 1. The maximum Gasteiger partial charge on any atom is 0.0703 e. The third kappa shape index (κ3) is 2.37. The van der Waals surface area contributed by atoms with Crippen LogP contribution < -0.4 is 0 Å². The van der Waals surface area contributed by atoms with E-state index in [9.17, 15) is 0 Å². The maximum atomic E-state index is 5.78. The highest BCUT2D eigenvalue weighted by atomic mass is 35.5. The molecule has 15 heavy (non-hydrogen) atoms. The smallest absolute Gasteiger partial charge is 0.0703 e. The molecule has 0 amide bonds. The van der Waals surface area contributed by atoms with Gasteiger partial charge in [0.05, 0.1) is 10.7 Å². The average Bonchev–Trinajstić information content (AvgIpc) is 2.30. The van der Waals surface area contributed by atoms with E-state index in [4.69, 9.17) is 11.6 Å². The second kappa shape index (κ2) is 4.45. The van der Waals surface area contributed by atoms with Gasteiger partial charge in [-0.15, -0.1) is 0 Å². The van der Waals surface area contributed by atoms with Gasteiger partial charge in [-0.05, 0) is 36.2 Å². The molecule has 0 N–H and O–H groups in total. The van der Waals surface area contributed by atoms with E-state index in [1.54, 1.807) is 6.20 Å². The molecule has 0 saturated carbocycles. The van der Waals surface area contributed by atoms with Gasteiger partial charge in [-0.25, -0.2) is 0 Å². The summed E-state index contributed by atoms with van der Waals surface area (Å²) in [6.45, 7) is 2.12. The van der Waals surface area contributed by atoms with E-state index in [1.165, 1.54) is 5.56 Å². The van der Waals surface area contributed by atoms with Crippen LogP contribution in [0.15, 0.2) is 36.5 Å². The largest absolute Gasteiger partial charge is 0.255 e. The zero-order chi connectivity index (χ0) is 10.7. The van der Waals surface area contributed by atoms with Crippen LogP contribution in [0.4, 0.5) is 0 Å². The minimum absolute atomic E-state index is 0.660. The lowest BCUT2D eigenvalue weighted by Crippen LogP contribution is -1.84. The first-order valence-electron chi connectivity index (χ1n) is 4.92. The van der Waals surface area contributed by atoms with Gasteiger partial charge in [-0.1, -0.05) is 30.7 Å². The van der Waals surface area contributed by atoms with Gasteiger partial charge < -0.3 is 0 Å². The van der Waals surface area contributed by atoms with Crippen molar-refractivity contribution in [3.05, 3.63) is 53.2 Å². The number of rotatable bonds is 2. The van der Waals surface area contributed by atoms with Crippen molar-refractivity contribution in [1.29, 1.82) is 0 Å². The van der Waals surface area contributed by atoms with E-state index < -0.39 is 0 Å². The summed E-state index contributed by atoms with van der Waals surface area (Å²) in [5, 5.41) is 0.660. The summed E-state index contributed by atoms with van der Waals surface area (Å²) in [6, 6.07) is 13.1. The molecule has 0 spiro atoms. The van der Waals surface area contributed by atoms with Crippen molar-refractivity contribution in [1.82, 2.24) is 4.98 Å². The summed E-state index contributed by atoms with van der Waals surface area (Å²) in [7, 11) is 0. The molecule has 1 radical (unpaired) electrons. The highest BCUT2D eigenvalue weighted by Crippen LogP contribution is 2.18. The normalized spacial score (nSPS) is 10.3. The molecule has 0 fully saturated rings. The van der Waals surface area contributed by atoms with Crippen LogP contribution >= 0.6 is 11.6 Å². The van der Waals surface area contributed by atoms with Gasteiger partial charge in [-0.2, -0.15) is 0 Å². The second-order valence-electron chi connectivity index (χ2n) is 3.32. The first-order chi connectivity index (χ1) is 7.29. The molecular formula is C13H11ClN. The Balaban J connectivity index is 2.33. The molecule has 1 aromatic carbocycles. The SMILES string of the molecule is CCc1[c]cc(-c2ccc(Cl)cn2)cc1. The van der Waals surface area contributed by atoms with E-state index in [0.29, 0.717) is 5.02 Å². The Kier molecular flexibility index (Phi) is 3.02. The van der Waals surface area contributed by atoms with Crippen molar-refractivity contribution in [3.8, 4) is 11.3 Å². The fourth-order valence-corrected chi connectivity index (χ4v) is 1.49. The maximum absolute atomic E-state index is 5.78. The van der Waals surface area contributed by atoms with E-state index in [1.807, 2.05) is 18.2 Å². The predicted molar refractivity (Wildman–Crippen MR) is 62.9 cm³/mol. The molecule has 0 aliphatic heterocycles. The zero-order valence-electron chi connectivity index (χ0n) is 8.50. The molecule has 1 heterocycles. The van der Waals surface area contributed by atoms with E-state index in [0.717, 1.165) is 17.7 Å². The molecule has 0 atom stereocenters. The fourth-order valence-electron chi connectivity index (χ4n) is 1.38. The molecule has 0 aliphatic carbocycles. The van der Waals surface area contributed by atoms with Gasteiger partial charge in [0, 0.05) is 11.8 Å². The molecule has 0 aliphatic rings. The Morgan fingerprint density at radius 2 is 2.13 bits per heavy atom. The van der Waals surface area contributed by atoms with Crippen LogP contribution in [0.25, 0.3) is 11.3 Å². The zero-order valence-corrected chi connectivity index (χ0v) is 9.25. The first-order valence-corrected chi connectivity index (χ1v) is 5.30. The molecule has 0 saturated heterocycles. The molecular weight excluding hydrogens is 206 g/mol. The van der Waals surface area contributed by atoms with Crippen molar-refractivity contribution >= 4 is 11.6 Å². The predicted octanol–water partition coefficient (Wildman–Crippen LogP) is 3.76. The van der Waals surface area contributed by atoms with Gasteiger partial charge in [0.25, 0.3) is 0 Å². The summed E-state index contributed by atoms with van der Waals surface area (Å²) < 4.78 is 0. The van der Waals surface area contributed by atoms with Gasteiger partial charge >= 0.3 is 0 Å². The number of pyridine rings is 1. The van der Waals surface area contributed by atoms with Crippen molar-refractivity contribution < 1.29 is 0 Å². The summed E-state index contributed by atoms with van der Waals surface area (Å²) in [5.41, 5.74) is 3.22. The Labute approximate surface area is 94.7 Å². The van der Waals surface area contributed by atoms with E-state index in [-0.39, 0.29) is 0 Å². The van der Waals surface area contributed by atoms with E-state index in [2.05, 4.69) is 30.1 Å². The Bertz CT molecular complexity index is 431. The number of benzene rings is 1. The number of aryl methyl sites for hydroxylation is 1. The lowest BCUT2D eigenvalue weighted by Gasteiger charge is -2.01. The van der Waals surface area contributed by atoms with Crippen molar-refractivity contribution in [2.24, 2.45) is 0 Å². The molecule has 0 bridgehead atoms. The van der Waals surface area contributed by atoms with Crippen molar-refractivity contribution in [2.45, 2.75) is 13.3 Å². The quantitative estimate of drug-likeness (QED) is 0.745. The highest BCUT2D eigenvalue weighted by molar-refractivity contribution is 6.30. The van der Waals surface area contributed by atoms with Crippen LogP contribution in [-0.4, -0.2) is 4.98 Å². The minimum atomic E-state index is 0.660. The van der Waals surface area contributed by atoms with Crippen LogP contribution in [0.5, 0.6) is 0 Å². The second-order valence-corrected chi connectivity index (χ2v) is 3.75.